The highest BCUT2D eigenvalue weighted by molar-refractivity contribution is 5.28. The van der Waals surface area contributed by atoms with E-state index in [1.54, 1.807) is 0 Å². The predicted molar refractivity (Wildman–Crippen MR) is 77.9 cm³/mol. The Labute approximate surface area is 108 Å². The second-order valence-corrected chi connectivity index (χ2v) is 3.64. The van der Waals surface area contributed by atoms with Crippen molar-refractivity contribution < 1.29 is 4.74 Å². The molecular weight excluding hydrogens is 210 g/mol. The number of hydrogen-bond acceptors (Lipinski definition) is 2. The Kier molecular flexibility index (Phi) is 12.1. The first-order valence-electron chi connectivity index (χ1n) is 6.43. The lowest BCUT2D eigenvalue weighted by Crippen LogP contribution is -2.15. The zero-order chi connectivity index (χ0) is 13.8. The number of nitrogens with zero attached hydrogens (tertiary/aromatic N) is 1. The van der Waals surface area contributed by atoms with Crippen molar-refractivity contribution in [1.82, 2.24) is 4.90 Å². The fourth-order valence-electron chi connectivity index (χ4n) is 0.965. The molecule has 100 valence electrons. The van der Waals surface area contributed by atoms with E-state index in [0.29, 0.717) is 0 Å². The SMILES string of the molecule is C=C(C)/C(=C\C(=C)N(C)CC)OCCC.CC. The van der Waals surface area contributed by atoms with Crippen LogP contribution in [0.2, 0.25) is 0 Å². The number of ether oxygens (including phenoxy) is 1. The van der Waals surface area contributed by atoms with E-state index in [0.717, 1.165) is 36.6 Å². The van der Waals surface area contributed by atoms with Gasteiger partial charge in [-0.1, -0.05) is 33.9 Å². The van der Waals surface area contributed by atoms with Crippen molar-refractivity contribution in [3.63, 3.8) is 0 Å². The second kappa shape index (κ2) is 11.3. The van der Waals surface area contributed by atoms with E-state index < -0.39 is 0 Å². The second-order valence-electron chi connectivity index (χ2n) is 3.64. The Morgan fingerprint density at radius 1 is 1.24 bits per heavy atom. The minimum absolute atomic E-state index is 0.724. The number of likely N-dealkylation sites (N-methyl/N-ethyl adjacent to an activating group) is 1. The van der Waals surface area contributed by atoms with Gasteiger partial charge in [0.1, 0.15) is 5.76 Å². The van der Waals surface area contributed by atoms with Crippen LogP contribution in [-0.4, -0.2) is 25.1 Å². The summed E-state index contributed by atoms with van der Waals surface area (Å²) in [5, 5.41) is 0. The van der Waals surface area contributed by atoms with Gasteiger partial charge in [-0.2, -0.15) is 0 Å². The summed E-state index contributed by atoms with van der Waals surface area (Å²) in [4.78, 5) is 2.07. The van der Waals surface area contributed by atoms with Crippen molar-refractivity contribution in [3.8, 4) is 0 Å². The van der Waals surface area contributed by atoms with Crippen LogP contribution in [0.5, 0.6) is 0 Å². The van der Waals surface area contributed by atoms with Gasteiger partial charge in [-0.25, -0.2) is 0 Å². The maximum absolute atomic E-state index is 5.59. The van der Waals surface area contributed by atoms with Gasteiger partial charge < -0.3 is 9.64 Å². The van der Waals surface area contributed by atoms with Gasteiger partial charge in [0.25, 0.3) is 0 Å². The zero-order valence-electron chi connectivity index (χ0n) is 12.5. The molecular formula is C15H29NO. The average Bonchev–Trinajstić information content (AvgIpc) is 2.35. The lowest BCUT2D eigenvalue weighted by molar-refractivity contribution is 0.219. The summed E-state index contributed by atoms with van der Waals surface area (Å²) in [6, 6.07) is 0. The van der Waals surface area contributed by atoms with E-state index in [9.17, 15) is 0 Å². The monoisotopic (exact) mass is 239 g/mol. The normalized spacial score (nSPS) is 10.1. The summed E-state index contributed by atoms with van der Waals surface area (Å²) >= 11 is 0. The molecule has 2 nitrogen and oxygen atoms in total. The van der Waals surface area contributed by atoms with Crippen molar-refractivity contribution in [2.75, 3.05) is 20.2 Å². The maximum atomic E-state index is 5.59. The van der Waals surface area contributed by atoms with Crippen LogP contribution >= 0.6 is 0 Å². The molecule has 0 saturated carbocycles. The summed E-state index contributed by atoms with van der Waals surface area (Å²) in [5.41, 5.74) is 1.89. The summed E-state index contributed by atoms with van der Waals surface area (Å²) in [6.45, 7) is 19.7. The molecule has 0 fully saturated rings. The Balaban J connectivity index is 0. The standard InChI is InChI=1S/C13H23NO.C2H6/c1-7-9-15-13(11(3)4)10-12(5)14(6)8-2;1-2/h10H,3,5,7-9H2,1-2,4,6H3;1-2H3/b13-10+;. The lowest BCUT2D eigenvalue weighted by atomic mass is 10.2. The molecule has 17 heavy (non-hydrogen) atoms. The van der Waals surface area contributed by atoms with Crippen LogP contribution in [0, 0.1) is 0 Å². The highest BCUT2D eigenvalue weighted by atomic mass is 16.5. The predicted octanol–water partition coefficient (Wildman–Crippen LogP) is 4.36. The summed E-state index contributed by atoms with van der Waals surface area (Å²) in [5.74, 6) is 0.835. The summed E-state index contributed by atoms with van der Waals surface area (Å²) < 4.78 is 5.59. The van der Waals surface area contributed by atoms with Crippen molar-refractivity contribution in [2.24, 2.45) is 0 Å². The molecule has 0 aromatic rings. The van der Waals surface area contributed by atoms with E-state index in [1.807, 2.05) is 33.9 Å². The van der Waals surface area contributed by atoms with Crippen molar-refractivity contribution in [1.29, 1.82) is 0 Å². The average molecular weight is 239 g/mol. The first-order chi connectivity index (χ1) is 8.02. The van der Waals surface area contributed by atoms with Gasteiger partial charge in [0.15, 0.2) is 0 Å². The number of allylic oxidation sites excluding steroid dienone is 2. The molecule has 0 spiro atoms. The van der Waals surface area contributed by atoms with Gasteiger partial charge in [0.05, 0.1) is 6.61 Å². The molecule has 0 bridgehead atoms. The Morgan fingerprint density at radius 3 is 2.12 bits per heavy atom. The molecule has 0 rings (SSSR count). The molecule has 0 aliphatic carbocycles. The largest absolute Gasteiger partial charge is 0.493 e. The van der Waals surface area contributed by atoms with Gasteiger partial charge in [-0.3, -0.25) is 0 Å². The molecule has 0 atom stereocenters. The highest BCUT2D eigenvalue weighted by Gasteiger charge is 2.02. The molecule has 0 heterocycles. The fraction of sp³-hybridized carbons (Fsp3) is 0.600. The van der Waals surface area contributed by atoms with Crippen LogP contribution in [0.4, 0.5) is 0 Å². The van der Waals surface area contributed by atoms with E-state index in [4.69, 9.17) is 4.74 Å². The minimum Gasteiger partial charge on any atom is -0.493 e. The van der Waals surface area contributed by atoms with Gasteiger partial charge in [-0.05, 0) is 25.8 Å². The van der Waals surface area contributed by atoms with Crippen LogP contribution in [0.1, 0.15) is 41.0 Å². The third kappa shape index (κ3) is 8.61. The lowest BCUT2D eigenvalue weighted by Gasteiger charge is -2.18. The molecule has 2 heteroatoms. The minimum atomic E-state index is 0.724. The first kappa shape index (κ1) is 18.2. The van der Waals surface area contributed by atoms with Crippen molar-refractivity contribution in [2.45, 2.75) is 41.0 Å². The maximum Gasteiger partial charge on any atom is 0.123 e. The van der Waals surface area contributed by atoms with Crippen LogP contribution < -0.4 is 0 Å². The van der Waals surface area contributed by atoms with Gasteiger partial charge in [0, 0.05) is 25.4 Å². The van der Waals surface area contributed by atoms with E-state index in [-0.39, 0.29) is 0 Å². The third-order valence-corrected chi connectivity index (χ3v) is 2.14. The smallest absolute Gasteiger partial charge is 0.123 e. The van der Waals surface area contributed by atoms with Crippen LogP contribution in [-0.2, 0) is 4.74 Å². The summed E-state index contributed by atoms with van der Waals surface area (Å²) in [7, 11) is 2.01. The molecule has 0 N–H and O–H groups in total. The van der Waals surface area contributed by atoms with E-state index >= 15 is 0 Å². The number of rotatable bonds is 7. The molecule has 0 unspecified atom stereocenters. The summed E-state index contributed by atoms with van der Waals surface area (Å²) in [6.07, 6.45) is 2.95. The molecule has 0 saturated heterocycles. The van der Waals surface area contributed by atoms with Crippen LogP contribution in [0.15, 0.2) is 36.3 Å². The van der Waals surface area contributed by atoms with Crippen LogP contribution in [0.25, 0.3) is 0 Å². The first-order valence-corrected chi connectivity index (χ1v) is 6.43. The molecule has 0 amide bonds. The van der Waals surface area contributed by atoms with Crippen molar-refractivity contribution in [3.05, 3.63) is 36.3 Å². The Hall–Kier alpha value is -1.18. The topological polar surface area (TPSA) is 12.5 Å². The zero-order valence-corrected chi connectivity index (χ0v) is 12.5. The van der Waals surface area contributed by atoms with E-state index in [2.05, 4.69) is 31.9 Å². The molecule has 0 radical (unpaired) electrons. The molecule has 0 aromatic carbocycles. The molecule has 0 aliphatic heterocycles. The van der Waals surface area contributed by atoms with E-state index in [1.165, 1.54) is 0 Å². The Bertz CT molecular complexity index is 254. The fourth-order valence-corrected chi connectivity index (χ4v) is 0.965. The quantitative estimate of drug-likeness (QED) is 0.483. The molecule has 0 aromatic heterocycles. The highest BCUT2D eigenvalue weighted by Crippen LogP contribution is 2.13. The van der Waals surface area contributed by atoms with Gasteiger partial charge >= 0.3 is 0 Å². The third-order valence-electron chi connectivity index (χ3n) is 2.14. The van der Waals surface area contributed by atoms with Gasteiger partial charge in [-0.15, -0.1) is 0 Å². The molecule has 0 aliphatic rings. The van der Waals surface area contributed by atoms with Crippen LogP contribution in [0.3, 0.4) is 0 Å². The van der Waals surface area contributed by atoms with Crippen molar-refractivity contribution >= 4 is 0 Å². The number of hydrogen-bond donors (Lipinski definition) is 0. The van der Waals surface area contributed by atoms with Gasteiger partial charge in [0.2, 0.25) is 0 Å². The Morgan fingerprint density at radius 2 is 1.76 bits per heavy atom.